The average molecular weight is 324 g/mol. The van der Waals surface area contributed by atoms with Gasteiger partial charge in [-0.25, -0.2) is 0 Å². The molecule has 0 fully saturated rings. The molecule has 5 heteroatoms. The predicted octanol–water partition coefficient (Wildman–Crippen LogP) is 5.08. The number of hydrogen-bond acceptors (Lipinski definition) is 1. The van der Waals surface area contributed by atoms with Gasteiger partial charge in [-0.3, -0.25) is 4.79 Å². The first kappa shape index (κ1) is 16.7. The van der Waals surface area contributed by atoms with E-state index in [1.165, 1.54) is 12.1 Å². The van der Waals surface area contributed by atoms with Crippen molar-refractivity contribution in [1.82, 2.24) is 0 Å². The fourth-order valence-electron chi connectivity index (χ4n) is 2.58. The second kappa shape index (κ2) is 6.21. The molecule has 0 aliphatic heterocycles. The lowest BCUT2D eigenvalue weighted by atomic mass is 10.1. The summed E-state index contributed by atoms with van der Waals surface area (Å²) in [6.07, 6.45) is 0. The van der Waals surface area contributed by atoms with Gasteiger partial charge >= 0.3 is 5.92 Å². The highest BCUT2D eigenvalue weighted by molar-refractivity contribution is 7.83. The molecule has 2 aromatic carbocycles. The number of halogens is 3. The molecule has 0 radical (unpaired) electrons. The minimum Gasteiger partial charge on any atom is -0.288 e. The summed E-state index contributed by atoms with van der Waals surface area (Å²) < 4.78 is 40.8. The minimum atomic E-state index is -4.56. The van der Waals surface area contributed by atoms with E-state index in [0.29, 0.717) is 11.1 Å². The van der Waals surface area contributed by atoms with E-state index in [9.17, 15) is 18.0 Å². The van der Waals surface area contributed by atoms with Gasteiger partial charge in [-0.05, 0) is 37.2 Å². The second-order valence-corrected chi connectivity index (χ2v) is 7.25. The molecule has 0 aliphatic rings. The molecule has 1 unspecified atom stereocenters. The SMILES string of the molecule is Cc1cc(C)c(P(C(=O)c2ccccc2)C(F)(F)F)c(C)c1. The van der Waals surface area contributed by atoms with E-state index in [4.69, 9.17) is 0 Å². The molecular weight excluding hydrogens is 308 g/mol. The van der Waals surface area contributed by atoms with Gasteiger partial charge in [-0.15, -0.1) is 0 Å². The molecule has 0 saturated carbocycles. The normalized spacial score (nSPS) is 13.0. The van der Waals surface area contributed by atoms with Gasteiger partial charge in [-0.1, -0.05) is 48.0 Å². The van der Waals surface area contributed by atoms with Crippen LogP contribution in [0.3, 0.4) is 0 Å². The minimum absolute atomic E-state index is 0.102. The molecule has 2 aromatic rings. The molecule has 0 saturated heterocycles. The van der Waals surface area contributed by atoms with Crippen molar-refractivity contribution in [2.75, 3.05) is 0 Å². The molecular formula is C17H16F3OP. The highest BCUT2D eigenvalue weighted by Crippen LogP contribution is 2.55. The first-order chi connectivity index (χ1) is 10.2. The maximum absolute atomic E-state index is 13.6. The predicted molar refractivity (Wildman–Crippen MR) is 84.0 cm³/mol. The number of benzene rings is 2. The Hall–Kier alpha value is -1.67. The monoisotopic (exact) mass is 324 g/mol. The molecule has 22 heavy (non-hydrogen) atoms. The molecule has 0 amide bonds. The van der Waals surface area contributed by atoms with E-state index < -0.39 is 19.4 Å². The van der Waals surface area contributed by atoms with Crippen LogP contribution in [-0.4, -0.2) is 11.4 Å². The third kappa shape index (κ3) is 3.38. The van der Waals surface area contributed by atoms with Gasteiger partial charge in [0.05, 0.1) is 0 Å². The summed E-state index contributed by atoms with van der Waals surface area (Å²) in [4.78, 5) is 12.5. The smallest absolute Gasteiger partial charge is 0.288 e. The third-order valence-electron chi connectivity index (χ3n) is 3.34. The van der Waals surface area contributed by atoms with Gasteiger partial charge in [0, 0.05) is 5.56 Å². The first-order valence-electron chi connectivity index (χ1n) is 6.76. The number of carbonyl (C=O) groups is 1. The van der Waals surface area contributed by atoms with E-state index in [-0.39, 0.29) is 10.9 Å². The van der Waals surface area contributed by atoms with Crippen LogP contribution in [0.15, 0.2) is 42.5 Å². The summed E-state index contributed by atoms with van der Waals surface area (Å²) in [6.45, 7) is 5.10. The van der Waals surface area contributed by atoms with Crippen molar-refractivity contribution in [2.24, 2.45) is 0 Å². The topological polar surface area (TPSA) is 17.1 Å². The van der Waals surface area contributed by atoms with Crippen LogP contribution in [0.25, 0.3) is 0 Å². The lowest BCUT2D eigenvalue weighted by Crippen LogP contribution is -2.25. The fraction of sp³-hybridized carbons (Fsp3) is 0.235. The van der Waals surface area contributed by atoms with E-state index in [1.807, 2.05) is 6.92 Å². The molecule has 0 N–H and O–H groups in total. The Balaban J connectivity index is 2.61. The summed E-state index contributed by atoms with van der Waals surface area (Å²) in [7, 11) is -2.93. The van der Waals surface area contributed by atoms with Crippen molar-refractivity contribution in [3.05, 3.63) is 64.7 Å². The van der Waals surface area contributed by atoms with Crippen LogP contribution >= 0.6 is 7.92 Å². The average Bonchev–Trinajstić information content (AvgIpc) is 2.41. The van der Waals surface area contributed by atoms with Gasteiger partial charge in [0.2, 0.25) is 0 Å². The van der Waals surface area contributed by atoms with Gasteiger partial charge in [0.1, 0.15) is 7.92 Å². The molecule has 0 spiro atoms. The maximum Gasteiger partial charge on any atom is 0.416 e. The zero-order valence-electron chi connectivity index (χ0n) is 12.5. The van der Waals surface area contributed by atoms with Crippen LogP contribution in [-0.2, 0) is 0 Å². The summed E-state index contributed by atoms with van der Waals surface area (Å²) in [5, 5.41) is 0.127. The standard InChI is InChI=1S/C17H16F3OP/c1-11-9-12(2)15(13(3)10-11)22(17(18,19)20)16(21)14-7-5-4-6-8-14/h4-10H,1-3H3. The molecule has 0 aliphatic carbocycles. The number of alkyl halides is 3. The molecule has 1 atom stereocenters. The fourth-order valence-corrected chi connectivity index (χ4v) is 4.51. The van der Waals surface area contributed by atoms with Crippen LogP contribution in [0.5, 0.6) is 0 Å². The van der Waals surface area contributed by atoms with Gasteiger partial charge in [-0.2, -0.15) is 13.2 Å². The molecule has 116 valence electrons. The van der Waals surface area contributed by atoms with Gasteiger partial charge in [0.15, 0.2) is 5.52 Å². The van der Waals surface area contributed by atoms with E-state index in [2.05, 4.69) is 0 Å². The zero-order chi connectivity index (χ0) is 16.5. The summed E-state index contributed by atoms with van der Waals surface area (Å²) in [5.41, 5.74) is 1.18. The summed E-state index contributed by atoms with van der Waals surface area (Å²) >= 11 is 0. The third-order valence-corrected chi connectivity index (χ3v) is 5.66. The van der Waals surface area contributed by atoms with Crippen molar-refractivity contribution in [1.29, 1.82) is 0 Å². The highest BCUT2D eigenvalue weighted by Gasteiger charge is 2.47. The van der Waals surface area contributed by atoms with Crippen molar-refractivity contribution >= 4 is 18.8 Å². The van der Waals surface area contributed by atoms with Crippen molar-refractivity contribution in [3.63, 3.8) is 0 Å². The van der Waals surface area contributed by atoms with Gasteiger partial charge < -0.3 is 0 Å². The Morgan fingerprint density at radius 2 is 1.45 bits per heavy atom. The first-order valence-corrected chi connectivity index (χ1v) is 8.10. The van der Waals surface area contributed by atoms with Crippen molar-refractivity contribution in [3.8, 4) is 0 Å². The van der Waals surface area contributed by atoms with Crippen molar-refractivity contribution in [2.45, 2.75) is 26.7 Å². The van der Waals surface area contributed by atoms with Crippen LogP contribution in [0.2, 0.25) is 0 Å². The molecule has 0 heterocycles. The quantitative estimate of drug-likeness (QED) is 0.720. The van der Waals surface area contributed by atoms with E-state index in [1.54, 1.807) is 44.2 Å². The Labute approximate surface area is 128 Å². The molecule has 1 nitrogen and oxygen atoms in total. The van der Waals surface area contributed by atoms with Gasteiger partial charge in [0.25, 0.3) is 0 Å². The van der Waals surface area contributed by atoms with Crippen molar-refractivity contribution < 1.29 is 18.0 Å². The van der Waals surface area contributed by atoms with Crippen LogP contribution in [0.4, 0.5) is 13.2 Å². The Bertz CT molecular complexity index is 670. The van der Waals surface area contributed by atoms with E-state index >= 15 is 0 Å². The zero-order valence-corrected chi connectivity index (χ0v) is 13.4. The Morgan fingerprint density at radius 3 is 1.91 bits per heavy atom. The highest BCUT2D eigenvalue weighted by atomic mass is 31.1. The molecule has 2 rings (SSSR count). The number of rotatable bonds is 3. The number of hydrogen-bond donors (Lipinski definition) is 0. The Kier molecular flexibility index (Phi) is 4.72. The second-order valence-electron chi connectivity index (χ2n) is 5.22. The largest absolute Gasteiger partial charge is 0.416 e. The van der Waals surface area contributed by atoms with Crippen LogP contribution < -0.4 is 5.30 Å². The molecule has 0 bridgehead atoms. The van der Waals surface area contributed by atoms with Crippen LogP contribution in [0.1, 0.15) is 27.0 Å². The maximum atomic E-state index is 13.6. The Morgan fingerprint density at radius 1 is 0.955 bits per heavy atom. The lowest BCUT2D eigenvalue weighted by Gasteiger charge is -2.23. The van der Waals surface area contributed by atoms with E-state index in [0.717, 1.165) is 5.56 Å². The summed E-state index contributed by atoms with van der Waals surface area (Å²) in [5.74, 6) is -4.56. The number of aryl methyl sites for hydroxylation is 3. The van der Waals surface area contributed by atoms with Crippen LogP contribution in [0, 0.1) is 20.8 Å². The lowest BCUT2D eigenvalue weighted by molar-refractivity contribution is -0.0384. The molecule has 0 aromatic heterocycles. The summed E-state index contributed by atoms with van der Waals surface area (Å²) in [6, 6.07) is 11.1. The number of carbonyl (C=O) groups excluding carboxylic acids is 1.